The molecular formula is C30H34N4O7S2. The van der Waals surface area contributed by atoms with Crippen LogP contribution in [0.2, 0.25) is 0 Å². The van der Waals surface area contributed by atoms with Gasteiger partial charge < -0.3 is 30.1 Å². The highest BCUT2D eigenvalue weighted by Crippen LogP contribution is 2.51. The van der Waals surface area contributed by atoms with Crippen molar-refractivity contribution < 1.29 is 33.2 Å². The Kier molecular flexibility index (Phi) is 8.07. The van der Waals surface area contributed by atoms with Crippen LogP contribution in [-0.4, -0.2) is 58.2 Å². The van der Waals surface area contributed by atoms with Gasteiger partial charge in [0.05, 0.1) is 17.1 Å². The minimum atomic E-state index is -3.95. The zero-order valence-corrected chi connectivity index (χ0v) is 26.1. The Morgan fingerprint density at radius 1 is 1.02 bits per heavy atom. The van der Waals surface area contributed by atoms with Crippen molar-refractivity contribution in [3.8, 4) is 34.7 Å². The van der Waals surface area contributed by atoms with Gasteiger partial charge in [0.2, 0.25) is 18.6 Å². The second-order valence-corrected chi connectivity index (χ2v) is 13.8. The number of hydrogen-bond acceptors (Lipinski definition) is 10. The van der Waals surface area contributed by atoms with Gasteiger partial charge in [0, 0.05) is 29.4 Å². The Hall–Kier alpha value is -4.20. The number of aromatic nitrogens is 1. The lowest BCUT2D eigenvalue weighted by atomic mass is 9.85. The Morgan fingerprint density at radius 3 is 2.35 bits per heavy atom. The quantitative estimate of drug-likeness (QED) is 0.158. The summed E-state index contributed by atoms with van der Waals surface area (Å²) in [5.74, 6) is -0.0742. The van der Waals surface area contributed by atoms with Crippen LogP contribution in [0.15, 0.2) is 63.1 Å². The maximum atomic E-state index is 13.2. The fourth-order valence-corrected chi connectivity index (χ4v) is 7.65. The first-order valence-corrected chi connectivity index (χ1v) is 16.0. The van der Waals surface area contributed by atoms with Gasteiger partial charge in [-0.05, 0) is 30.3 Å². The summed E-state index contributed by atoms with van der Waals surface area (Å²) >= 11 is 0.852. The zero-order valence-electron chi connectivity index (χ0n) is 24.5. The van der Waals surface area contributed by atoms with Gasteiger partial charge in [-0.3, -0.25) is 0 Å². The third kappa shape index (κ3) is 5.51. The number of nitrogens with zero attached hydrogens (tertiary/aromatic N) is 3. The molecule has 5 rings (SSSR count). The molecular weight excluding hydrogens is 592 g/mol. The third-order valence-electron chi connectivity index (χ3n) is 6.96. The zero-order chi connectivity index (χ0) is 31.1. The number of benzene rings is 2. The molecule has 0 saturated heterocycles. The van der Waals surface area contributed by atoms with Gasteiger partial charge in [-0.2, -0.15) is 4.31 Å². The van der Waals surface area contributed by atoms with Crippen molar-refractivity contribution >= 4 is 44.1 Å². The summed E-state index contributed by atoms with van der Waals surface area (Å²) in [6.45, 7) is 9.91. The van der Waals surface area contributed by atoms with Gasteiger partial charge in [-0.25, -0.2) is 18.0 Å². The number of nitrogens with one attached hydrogen (secondary N) is 1. The van der Waals surface area contributed by atoms with Crippen LogP contribution in [0.3, 0.4) is 0 Å². The fraction of sp³-hybridized carbons (Fsp3) is 0.300. The van der Waals surface area contributed by atoms with E-state index in [-0.39, 0.29) is 52.9 Å². The molecule has 1 aliphatic rings. The van der Waals surface area contributed by atoms with Crippen LogP contribution in [0.5, 0.6) is 29.0 Å². The maximum absolute atomic E-state index is 13.2. The van der Waals surface area contributed by atoms with Crippen LogP contribution in [0.25, 0.3) is 5.69 Å². The predicted molar refractivity (Wildman–Crippen MR) is 167 cm³/mol. The molecule has 11 nitrogen and oxygen atoms in total. The summed E-state index contributed by atoms with van der Waals surface area (Å²) in [4.78, 5) is 4.89. The lowest BCUT2D eigenvalue weighted by Gasteiger charge is -2.22. The Balaban J connectivity index is 1.69. The van der Waals surface area contributed by atoms with Crippen molar-refractivity contribution in [2.45, 2.75) is 38.8 Å². The van der Waals surface area contributed by atoms with Crippen LogP contribution in [-0.2, 0) is 10.0 Å². The average Bonchev–Trinajstić information content (AvgIpc) is 3.64. The smallest absolute Gasteiger partial charge is 0.256 e. The first kappa shape index (κ1) is 30.3. The molecule has 13 heteroatoms. The fourth-order valence-electron chi connectivity index (χ4n) is 4.82. The van der Waals surface area contributed by atoms with Gasteiger partial charge in [0.15, 0.2) is 27.1 Å². The van der Waals surface area contributed by atoms with Gasteiger partial charge in [0.1, 0.15) is 5.69 Å². The summed E-state index contributed by atoms with van der Waals surface area (Å²) in [5.41, 5.74) is 1.19. The molecule has 4 aromatic rings. The summed E-state index contributed by atoms with van der Waals surface area (Å²) < 4.78 is 39.6. The van der Waals surface area contributed by atoms with E-state index in [1.165, 1.54) is 14.3 Å². The number of thiophene rings is 1. The lowest BCUT2D eigenvalue weighted by molar-refractivity contribution is 0.174. The van der Waals surface area contributed by atoms with Crippen LogP contribution in [0.4, 0.5) is 17.1 Å². The highest BCUT2D eigenvalue weighted by atomic mass is 32.2. The van der Waals surface area contributed by atoms with Gasteiger partial charge in [-0.15, -0.1) is 11.3 Å². The number of para-hydroxylation sites is 1. The highest BCUT2D eigenvalue weighted by Gasteiger charge is 2.32. The van der Waals surface area contributed by atoms with Crippen LogP contribution >= 0.6 is 11.3 Å². The number of hydrogen-bond donors (Lipinski definition) is 4. The summed E-state index contributed by atoms with van der Waals surface area (Å²) in [6, 6.07) is 14.2. The Morgan fingerprint density at radius 2 is 1.70 bits per heavy atom. The van der Waals surface area contributed by atoms with Crippen LogP contribution < -0.4 is 14.8 Å². The Bertz CT molecular complexity index is 1780. The molecule has 0 amide bonds. The third-order valence-corrected chi connectivity index (χ3v) is 10.5. The van der Waals surface area contributed by atoms with Crippen molar-refractivity contribution in [2.24, 2.45) is 10.4 Å². The molecule has 0 fully saturated rings. The highest BCUT2D eigenvalue weighted by molar-refractivity contribution is 7.91. The lowest BCUT2D eigenvalue weighted by Crippen LogP contribution is -2.30. The van der Waals surface area contributed by atoms with Crippen molar-refractivity contribution in [3.63, 3.8) is 0 Å². The van der Waals surface area contributed by atoms with Gasteiger partial charge in [0.25, 0.3) is 10.0 Å². The number of rotatable bonds is 9. The minimum Gasteiger partial charge on any atom is -0.504 e. The van der Waals surface area contributed by atoms with Gasteiger partial charge >= 0.3 is 0 Å². The van der Waals surface area contributed by atoms with E-state index in [4.69, 9.17) is 14.5 Å². The number of sulfonamides is 1. The number of aromatic hydroxyl groups is 3. The molecule has 43 heavy (non-hydrogen) atoms. The van der Waals surface area contributed by atoms with Crippen molar-refractivity contribution in [1.29, 1.82) is 0 Å². The van der Waals surface area contributed by atoms with E-state index in [9.17, 15) is 23.7 Å². The number of aliphatic imine (C=N–C) groups is 1. The molecule has 0 saturated carbocycles. The molecule has 0 radical (unpaired) electrons. The molecule has 2 aromatic carbocycles. The molecule has 2 aromatic heterocycles. The van der Waals surface area contributed by atoms with E-state index in [0.29, 0.717) is 28.5 Å². The van der Waals surface area contributed by atoms with Crippen molar-refractivity contribution in [3.05, 3.63) is 59.5 Å². The second kappa shape index (κ2) is 11.5. The maximum Gasteiger partial charge on any atom is 0.256 e. The van der Waals surface area contributed by atoms with E-state index < -0.39 is 21.2 Å². The van der Waals surface area contributed by atoms with E-state index in [2.05, 4.69) is 5.32 Å². The summed E-state index contributed by atoms with van der Waals surface area (Å²) in [6.07, 6.45) is 0. The molecule has 0 atom stereocenters. The first-order chi connectivity index (χ1) is 20.4. The minimum absolute atomic E-state index is 0.0114. The largest absolute Gasteiger partial charge is 0.504 e. The van der Waals surface area contributed by atoms with E-state index in [1.807, 2.05) is 26.8 Å². The average molecular weight is 627 g/mol. The van der Waals surface area contributed by atoms with Gasteiger partial charge in [-0.1, -0.05) is 52.8 Å². The molecule has 0 aliphatic carbocycles. The SMILES string of the molecule is CCN(CC)S(=O)(=O)c1scc(Nc2c(N=C(c3ccc4c(c3)OCO4)C(C)(C)C)c(O)n(-c3ccccc3)c2O)c1O. The number of fused-ring (bicyclic) bond motifs is 1. The molecule has 0 unspecified atom stereocenters. The van der Waals surface area contributed by atoms with Crippen LogP contribution in [0, 0.1) is 5.41 Å². The predicted octanol–water partition coefficient (Wildman–Crippen LogP) is 6.33. The van der Waals surface area contributed by atoms with Crippen molar-refractivity contribution in [1.82, 2.24) is 8.87 Å². The molecule has 1 aliphatic heterocycles. The van der Waals surface area contributed by atoms with E-state index in [0.717, 1.165) is 11.3 Å². The molecule has 4 N–H and O–H groups in total. The summed E-state index contributed by atoms with van der Waals surface area (Å²) in [5, 5.41) is 38.4. The summed E-state index contributed by atoms with van der Waals surface area (Å²) in [7, 11) is -3.95. The topological polar surface area (TPSA) is 146 Å². The van der Waals surface area contributed by atoms with Crippen molar-refractivity contribution in [2.75, 3.05) is 25.2 Å². The van der Waals surface area contributed by atoms with E-state index >= 15 is 0 Å². The Labute approximate surface area is 254 Å². The standard InChI is InChI=1S/C30H34N4O7S2/c1-6-33(7-2)43(38,39)29-25(35)20(16-42-29)31-23-24(28(37)34(27(23)36)19-11-9-8-10-12-19)32-26(30(3,4)5)18-13-14-21-22(15-18)41-17-40-21/h8-16,31,35-37H,6-7,17H2,1-5H3. The normalized spacial score (nSPS) is 13.6. The van der Waals surface area contributed by atoms with E-state index in [1.54, 1.807) is 56.3 Å². The first-order valence-electron chi connectivity index (χ1n) is 13.7. The molecule has 0 spiro atoms. The number of ether oxygens (including phenoxy) is 2. The molecule has 3 heterocycles. The second-order valence-electron chi connectivity index (χ2n) is 10.8. The van der Waals surface area contributed by atoms with Crippen LogP contribution in [0.1, 0.15) is 40.2 Å². The number of anilines is 2. The molecule has 0 bridgehead atoms. The monoisotopic (exact) mass is 626 g/mol. The molecule has 228 valence electrons.